The molecule has 0 aromatic carbocycles. The minimum Gasteiger partial charge on any atom is -0.379 e. The molecule has 112 valence electrons. The van der Waals surface area contributed by atoms with E-state index in [0.717, 1.165) is 12.5 Å². The highest BCUT2D eigenvalue weighted by molar-refractivity contribution is 6.35. The SMILES string of the molecule is COCC(OC)OCC[SiH2]CCC1CCC2OC2C1. The third kappa shape index (κ3) is 5.51. The van der Waals surface area contributed by atoms with Crippen LogP contribution in [-0.4, -0.2) is 55.5 Å². The van der Waals surface area contributed by atoms with Gasteiger partial charge < -0.3 is 18.9 Å². The molecule has 0 spiro atoms. The summed E-state index contributed by atoms with van der Waals surface area (Å²) >= 11 is 0. The van der Waals surface area contributed by atoms with Gasteiger partial charge in [0.05, 0.1) is 18.8 Å². The number of hydrogen-bond acceptors (Lipinski definition) is 4. The first-order valence-corrected chi connectivity index (χ1v) is 9.62. The Morgan fingerprint density at radius 3 is 2.84 bits per heavy atom. The van der Waals surface area contributed by atoms with E-state index in [0.29, 0.717) is 18.8 Å². The van der Waals surface area contributed by atoms with Gasteiger partial charge in [-0.25, -0.2) is 0 Å². The Labute approximate surface area is 119 Å². The van der Waals surface area contributed by atoms with E-state index in [2.05, 4.69) is 0 Å². The molecule has 1 saturated heterocycles. The Kier molecular flexibility index (Phi) is 6.80. The topological polar surface area (TPSA) is 40.2 Å². The molecular formula is C14H28O4Si. The highest BCUT2D eigenvalue weighted by Gasteiger charge is 2.43. The Hall–Kier alpha value is 0.0569. The molecule has 2 rings (SSSR count). The van der Waals surface area contributed by atoms with Crippen LogP contribution in [-0.2, 0) is 18.9 Å². The summed E-state index contributed by atoms with van der Waals surface area (Å²) in [4.78, 5) is 0. The Bertz CT molecular complexity index is 252. The minimum atomic E-state index is -0.193. The molecule has 1 aliphatic heterocycles. The summed E-state index contributed by atoms with van der Waals surface area (Å²) in [7, 11) is 3.37. The van der Waals surface area contributed by atoms with Gasteiger partial charge in [-0.05, 0) is 31.2 Å². The quantitative estimate of drug-likeness (QED) is 0.265. The number of fused-ring (bicyclic) bond motifs is 1. The molecule has 0 radical (unpaired) electrons. The number of rotatable bonds is 10. The maximum absolute atomic E-state index is 5.61. The van der Waals surface area contributed by atoms with Crippen molar-refractivity contribution in [2.24, 2.45) is 5.92 Å². The van der Waals surface area contributed by atoms with E-state index < -0.39 is 0 Å². The van der Waals surface area contributed by atoms with Crippen LogP contribution in [0.15, 0.2) is 0 Å². The number of methoxy groups -OCH3 is 2. The van der Waals surface area contributed by atoms with Crippen LogP contribution in [0, 0.1) is 5.92 Å². The second kappa shape index (κ2) is 8.37. The molecule has 4 unspecified atom stereocenters. The summed E-state index contributed by atoms with van der Waals surface area (Å²) in [6.07, 6.45) is 6.55. The molecule has 1 saturated carbocycles. The molecule has 2 aliphatic rings. The Balaban J connectivity index is 1.41. The van der Waals surface area contributed by atoms with E-state index in [4.69, 9.17) is 18.9 Å². The van der Waals surface area contributed by atoms with Crippen molar-refractivity contribution in [2.45, 2.75) is 56.3 Å². The second-order valence-electron chi connectivity index (χ2n) is 5.73. The highest BCUT2D eigenvalue weighted by atomic mass is 28.2. The van der Waals surface area contributed by atoms with Crippen LogP contribution < -0.4 is 0 Å². The van der Waals surface area contributed by atoms with E-state index in [1.54, 1.807) is 14.2 Å². The predicted octanol–water partition coefficient (Wildman–Crippen LogP) is 1.58. The number of ether oxygens (including phenoxy) is 4. The van der Waals surface area contributed by atoms with Gasteiger partial charge in [0.1, 0.15) is 0 Å². The van der Waals surface area contributed by atoms with Crippen molar-refractivity contribution in [3.8, 4) is 0 Å². The van der Waals surface area contributed by atoms with E-state index in [1.807, 2.05) is 0 Å². The Morgan fingerprint density at radius 2 is 2.11 bits per heavy atom. The molecule has 0 bridgehead atoms. The van der Waals surface area contributed by atoms with Crippen molar-refractivity contribution in [1.29, 1.82) is 0 Å². The highest BCUT2D eigenvalue weighted by Crippen LogP contribution is 2.40. The van der Waals surface area contributed by atoms with Gasteiger partial charge >= 0.3 is 0 Å². The first kappa shape index (κ1) is 15.4. The van der Waals surface area contributed by atoms with E-state index in [1.165, 1.54) is 37.8 Å². The standard InChI is InChI=1S/C14H28O4Si/c1-15-10-14(16-2)17-6-8-19-7-5-11-3-4-12-13(9-11)18-12/h11-14H,3-10,19H2,1-2H3. The van der Waals surface area contributed by atoms with Gasteiger partial charge in [-0.1, -0.05) is 12.5 Å². The van der Waals surface area contributed by atoms with Crippen molar-refractivity contribution >= 4 is 9.52 Å². The zero-order chi connectivity index (χ0) is 13.5. The van der Waals surface area contributed by atoms with Crippen LogP contribution in [0.2, 0.25) is 12.1 Å². The lowest BCUT2D eigenvalue weighted by atomic mass is 9.88. The third-order valence-electron chi connectivity index (χ3n) is 4.24. The van der Waals surface area contributed by atoms with Crippen molar-refractivity contribution in [1.82, 2.24) is 0 Å². The summed E-state index contributed by atoms with van der Waals surface area (Å²) in [5, 5.41) is 0. The number of epoxide rings is 1. The molecule has 19 heavy (non-hydrogen) atoms. The number of hydrogen-bond donors (Lipinski definition) is 0. The average molecular weight is 288 g/mol. The molecule has 0 N–H and O–H groups in total. The second-order valence-corrected chi connectivity index (χ2v) is 7.85. The first-order chi connectivity index (χ1) is 9.33. The van der Waals surface area contributed by atoms with Crippen LogP contribution in [0.1, 0.15) is 25.7 Å². The maximum atomic E-state index is 5.61. The molecule has 1 heterocycles. The largest absolute Gasteiger partial charge is 0.379 e. The molecule has 4 nitrogen and oxygen atoms in total. The van der Waals surface area contributed by atoms with Crippen LogP contribution in [0.25, 0.3) is 0 Å². The lowest BCUT2D eigenvalue weighted by molar-refractivity contribution is -0.148. The molecule has 5 heteroatoms. The average Bonchev–Trinajstić information content (AvgIpc) is 3.19. The fourth-order valence-electron chi connectivity index (χ4n) is 3.00. The summed E-state index contributed by atoms with van der Waals surface area (Å²) in [5.74, 6) is 0.942. The van der Waals surface area contributed by atoms with Gasteiger partial charge in [-0.2, -0.15) is 0 Å². The van der Waals surface area contributed by atoms with Crippen molar-refractivity contribution < 1.29 is 18.9 Å². The van der Waals surface area contributed by atoms with Crippen LogP contribution in [0.4, 0.5) is 0 Å². The minimum absolute atomic E-state index is 0.0362. The van der Waals surface area contributed by atoms with Crippen molar-refractivity contribution in [2.75, 3.05) is 27.4 Å². The van der Waals surface area contributed by atoms with Crippen LogP contribution >= 0.6 is 0 Å². The predicted molar refractivity (Wildman–Crippen MR) is 77.4 cm³/mol. The third-order valence-corrected chi connectivity index (χ3v) is 5.94. The van der Waals surface area contributed by atoms with Gasteiger partial charge in [0.2, 0.25) is 0 Å². The van der Waals surface area contributed by atoms with Crippen molar-refractivity contribution in [3.63, 3.8) is 0 Å². The fraction of sp³-hybridized carbons (Fsp3) is 1.00. The molecule has 4 atom stereocenters. The maximum Gasteiger partial charge on any atom is 0.180 e. The van der Waals surface area contributed by atoms with Crippen LogP contribution in [0.5, 0.6) is 0 Å². The van der Waals surface area contributed by atoms with E-state index in [-0.39, 0.29) is 15.8 Å². The zero-order valence-corrected chi connectivity index (χ0v) is 13.7. The van der Waals surface area contributed by atoms with E-state index >= 15 is 0 Å². The lowest BCUT2D eigenvalue weighted by Gasteiger charge is -2.18. The van der Waals surface area contributed by atoms with Gasteiger partial charge in [-0.3, -0.25) is 0 Å². The van der Waals surface area contributed by atoms with E-state index in [9.17, 15) is 0 Å². The summed E-state index contributed by atoms with van der Waals surface area (Å²) in [6.45, 7) is 1.34. The first-order valence-electron chi connectivity index (χ1n) is 7.62. The Morgan fingerprint density at radius 1 is 1.21 bits per heavy atom. The van der Waals surface area contributed by atoms with Gasteiger partial charge in [0, 0.05) is 30.3 Å². The molecule has 2 fully saturated rings. The molecule has 1 aliphatic carbocycles. The molecule has 0 aromatic heterocycles. The molecule has 0 amide bonds. The fourth-order valence-corrected chi connectivity index (χ4v) is 4.59. The zero-order valence-electron chi connectivity index (χ0n) is 12.3. The van der Waals surface area contributed by atoms with Gasteiger partial charge in [-0.15, -0.1) is 0 Å². The lowest BCUT2D eigenvalue weighted by Crippen LogP contribution is -2.22. The molecular weight excluding hydrogens is 260 g/mol. The summed E-state index contributed by atoms with van der Waals surface area (Å²) in [6, 6.07) is 2.70. The normalized spacial score (nSPS) is 31.6. The smallest absolute Gasteiger partial charge is 0.180 e. The molecule has 0 aromatic rings. The van der Waals surface area contributed by atoms with Crippen molar-refractivity contribution in [3.05, 3.63) is 0 Å². The van der Waals surface area contributed by atoms with Gasteiger partial charge in [0.25, 0.3) is 0 Å². The monoisotopic (exact) mass is 288 g/mol. The summed E-state index contributed by atoms with van der Waals surface area (Å²) in [5.41, 5.74) is 0. The summed E-state index contributed by atoms with van der Waals surface area (Å²) < 4.78 is 21.4. The van der Waals surface area contributed by atoms with Gasteiger partial charge in [0.15, 0.2) is 6.29 Å². The van der Waals surface area contributed by atoms with Crippen LogP contribution in [0.3, 0.4) is 0 Å².